The molecule has 0 spiro atoms. The van der Waals surface area contributed by atoms with Gasteiger partial charge in [0, 0.05) is 24.7 Å². The van der Waals surface area contributed by atoms with Crippen LogP contribution in [0.5, 0.6) is 0 Å². The summed E-state index contributed by atoms with van der Waals surface area (Å²) in [5.41, 5.74) is 0.612. The monoisotopic (exact) mass is 366 g/mol. The smallest absolute Gasteiger partial charge is 0.326 e. The highest BCUT2D eigenvalue weighted by Crippen LogP contribution is 2.08. The van der Waals surface area contributed by atoms with Gasteiger partial charge in [-0.05, 0) is 6.42 Å². The first-order chi connectivity index (χ1) is 12.5. The lowest BCUT2D eigenvalue weighted by atomic mass is 10.1. The van der Waals surface area contributed by atoms with E-state index in [0.717, 1.165) is 19.3 Å². The number of aliphatic carboxylic acids is 1. The maximum atomic E-state index is 11.9. The number of unbranched alkanes of at least 4 members (excludes halogenated alkanes) is 6. The zero-order valence-corrected chi connectivity index (χ0v) is 15.4. The molecule has 1 aromatic heterocycles. The van der Waals surface area contributed by atoms with Crippen molar-refractivity contribution in [3.05, 3.63) is 18.2 Å². The fourth-order valence-electron chi connectivity index (χ4n) is 2.57. The molecular formula is C18H30N4O4. The topological polar surface area (TPSA) is 124 Å². The average molecular weight is 366 g/mol. The van der Waals surface area contributed by atoms with E-state index in [1.54, 1.807) is 0 Å². The van der Waals surface area contributed by atoms with E-state index in [1.165, 1.54) is 38.2 Å². The molecule has 1 atom stereocenters. The van der Waals surface area contributed by atoms with E-state index in [1.807, 2.05) is 0 Å². The van der Waals surface area contributed by atoms with Gasteiger partial charge in [0.05, 0.1) is 12.9 Å². The number of amides is 2. The lowest BCUT2D eigenvalue weighted by Gasteiger charge is -2.14. The van der Waals surface area contributed by atoms with Gasteiger partial charge in [-0.1, -0.05) is 45.4 Å². The number of carboxylic acids is 1. The largest absolute Gasteiger partial charge is 0.480 e. The molecule has 1 rings (SSSR count). The Bertz CT molecular complexity index is 545. The van der Waals surface area contributed by atoms with Crippen LogP contribution in [0.4, 0.5) is 0 Å². The predicted molar refractivity (Wildman–Crippen MR) is 97.5 cm³/mol. The van der Waals surface area contributed by atoms with Gasteiger partial charge in [0.15, 0.2) is 0 Å². The number of imidazole rings is 1. The van der Waals surface area contributed by atoms with Crippen LogP contribution in [0.3, 0.4) is 0 Å². The molecule has 0 aliphatic heterocycles. The fraction of sp³-hybridized carbons (Fsp3) is 0.667. The van der Waals surface area contributed by atoms with E-state index in [9.17, 15) is 19.5 Å². The van der Waals surface area contributed by atoms with Crippen LogP contribution in [-0.4, -0.2) is 45.4 Å². The first-order valence-electron chi connectivity index (χ1n) is 9.29. The molecule has 0 aromatic carbocycles. The number of carbonyl (C=O) groups excluding carboxylic acids is 2. The lowest BCUT2D eigenvalue weighted by Crippen LogP contribution is -2.46. The first-order valence-corrected chi connectivity index (χ1v) is 9.29. The van der Waals surface area contributed by atoms with Crippen LogP contribution < -0.4 is 10.6 Å². The Hall–Kier alpha value is -2.38. The van der Waals surface area contributed by atoms with E-state index < -0.39 is 17.9 Å². The number of carbonyl (C=O) groups is 3. The van der Waals surface area contributed by atoms with Crippen LogP contribution in [0.1, 0.15) is 64.0 Å². The van der Waals surface area contributed by atoms with Crippen molar-refractivity contribution in [3.8, 4) is 0 Å². The van der Waals surface area contributed by atoms with Gasteiger partial charge in [0.25, 0.3) is 0 Å². The molecule has 0 aliphatic carbocycles. The van der Waals surface area contributed by atoms with Crippen LogP contribution in [-0.2, 0) is 20.8 Å². The molecule has 0 bridgehead atoms. The molecular weight excluding hydrogens is 336 g/mol. The molecule has 1 aromatic rings. The highest BCUT2D eigenvalue weighted by molar-refractivity contribution is 5.87. The zero-order valence-electron chi connectivity index (χ0n) is 15.4. The third-order valence-electron chi connectivity index (χ3n) is 4.07. The Morgan fingerprint density at radius 3 is 2.42 bits per heavy atom. The van der Waals surface area contributed by atoms with Gasteiger partial charge in [-0.25, -0.2) is 9.78 Å². The molecule has 0 radical (unpaired) electrons. The normalized spacial score (nSPS) is 11.7. The second-order valence-electron chi connectivity index (χ2n) is 6.39. The summed E-state index contributed by atoms with van der Waals surface area (Å²) in [4.78, 5) is 41.4. The van der Waals surface area contributed by atoms with Crippen molar-refractivity contribution in [2.45, 2.75) is 70.8 Å². The number of hydrogen-bond acceptors (Lipinski definition) is 4. The fourth-order valence-corrected chi connectivity index (χ4v) is 2.57. The number of rotatable bonds is 14. The number of H-pyrrole nitrogens is 1. The van der Waals surface area contributed by atoms with Crippen LogP contribution in [0.15, 0.2) is 12.5 Å². The first kappa shape index (κ1) is 21.7. The number of hydrogen-bond donors (Lipinski definition) is 4. The van der Waals surface area contributed by atoms with Crippen LogP contribution in [0.2, 0.25) is 0 Å². The summed E-state index contributed by atoms with van der Waals surface area (Å²) in [6.45, 7) is 1.96. The van der Waals surface area contributed by atoms with E-state index >= 15 is 0 Å². The van der Waals surface area contributed by atoms with Gasteiger partial charge in [-0.3, -0.25) is 9.59 Å². The molecule has 0 fully saturated rings. The van der Waals surface area contributed by atoms with Gasteiger partial charge in [0.1, 0.15) is 6.04 Å². The second kappa shape index (κ2) is 12.9. The van der Waals surface area contributed by atoms with E-state index in [4.69, 9.17) is 0 Å². The molecule has 0 saturated heterocycles. The van der Waals surface area contributed by atoms with Crippen molar-refractivity contribution in [3.63, 3.8) is 0 Å². The minimum atomic E-state index is -1.14. The molecule has 8 nitrogen and oxygen atoms in total. The maximum Gasteiger partial charge on any atom is 0.326 e. The van der Waals surface area contributed by atoms with Crippen molar-refractivity contribution < 1.29 is 19.5 Å². The quantitative estimate of drug-likeness (QED) is 0.374. The third-order valence-corrected chi connectivity index (χ3v) is 4.07. The molecule has 4 N–H and O–H groups in total. The minimum Gasteiger partial charge on any atom is -0.480 e. The summed E-state index contributed by atoms with van der Waals surface area (Å²) in [7, 11) is 0. The van der Waals surface area contributed by atoms with Crippen molar-refractivity contribution >= 4 is 17.8 Å². The number of carboxylic acid groups (broad SMARTS) is 1. The summed E-state index contributed by atoms with van der Waals surface area (Å²) in [5, 5.41) is 14.1. The van der Waals surface area contributed by atoms with Crippen molar-refractivity contribution in [1.82, 2.24) is 20.6 Å². The zero-order chi connectivity index (χ0) is 19.2. The van der Waals surface area contributed by atoms with Gasteiger partial charge in [0.2, 0.25) is 11.8 Å². The number of aromatic amines is 1. The van der Waals surface area contributed by atoms with Crippen molar-refractivity contribution in [2.24, 2.45) is 0 Å². The van der Waals surface area contributed by atoms with Gasteiger partial charge < -0.3 is 20.7 Å². The molecule has 0 aliphatic rings. The Morgan fingerprint density at radius 1 is 1.12 bits per heavy atom. The predicted octanol–water partition coefficient (Wildman–Crippen LogP) is 1.78. The van der Waals surface area contributed by atoms with E-state index in [-0.39, 0.29) is 18.9 Å². The van der Waals surface area contributed by atoms with Gasteiger partial charge in [-0.2, -0.15) is 0 Å². The maximum absolute atomic E-state index is 11.9. The Morgan fingerprint density at radius 2 is 1.81 bits per heavy atom. The highest BCUT2D eigenvalue weighted by Gasteiger charge is 2.21. The van der Waals surface area contributed by atoms with Crippen molar-refractivity contribution in [2.75, 3.05) is 6.54 Å². The molecule has 146 valence electrons. The average Bonchev–Trinajstić information content (AvgIpc) is 3.11. The summed E-state index contributed by atoms with van der Waals surface area (Å²) in [5.74, 6) is -1.85. The van der Waals surface area contributed by atoms with Crippen LogP contribution in [0.25, 0.3) is 0 Å². The standard InChI is InChI=1S/C18H30N4O4/c1-2-3-4-5-6-7-8-9-16(23)20-12-17(24)22-15(18(25)26)10-14-11-19-13-21-14/h11,13,15H,2-10,12H2,1H3,(H,19,21)(H,20,23)(H,22,24)(H,25,26)/t15-/m0/s1. The molecule has 1 heterocycles. The summed E-state index contributed by atoms with van der Waals surface area (Å²) >= 11 is 0. The minimum absolute atomic E-state index is 0.104. The van der Waals surface area contributed by atoms with Gasteiger partial charge >= 0.3 is 5.97 Å². The van der Waals surface area contributed by atoms with E-state index in [0.29, 0.717) is 12.1 Å². The Labute approximate surface area is 154 Å². The highest BCUT2D eigenvalue weighted by atomic mass is 16.4. The Balaban J connectivity index is 2.17. The van der Waals surface area contributed by atoms with Crippen LogP contribution >= 0.6 is 0 Å². The summed E-state index contributed by atoms with van der Waals surface area (Å²) < 4.78 is 0. The molecule has 2 amide bonds. The summed E-state index contributed by atoms with van der Waals surface area (Å²) in [6.07, 6.45) is 11.3. The Kier molecular flexibility index (Phi) is 10.8. The molecule has 26 heavy (non-hydrogen) atoms. The SMILES string of the molecule is CCCCCCCCCC(=O)NCC(=O)N[C@@H](Cc1cnc[nH]1)C(=O)O. The number of aromatic nitrogens is 2. The second-order valence-corrected chi connectivity index (χ2v) is 6.39. The van der Waals surface area contributed by atoms with Crippen molar-refractivity contribution in [1.29, 1.82) is 0 Å². The molecule has 0 saturated carbocycles. The number of nitrogens with one attached hydrogen (secondary N) is 3. The van der Waals surface area contributed by atoms with Crippen LogP contribution in [0, 0.1) is 0 Å². The van der Waals surface area contributed by atoms with Gasteiger partial charge in [-0.15, -0.1) is 0 Å². The molecule has 8 heteroatoms. The lowest BCUT2D eigenvalue weighted by molar-refractivity contribution is -0.141. The number of nitrogens with zero attached hydrogens (tertiary/aromatic N) is 1. The molecule has 0 unspecified atom stereocenters. The summed E-state index contributed by atoms with van der Waals surface area (Å²) in [6, 6.07) is -1.07. The third kappa shape index (κ3) is 9.80. The van der Waals surface area contributed by atoms with E-state index in [2.05, 4.69) is 27.5 Å².